The number of hydrogen-bond acceptors (Lipinski definition) is 0. The summed E-state index contributed by atoms with van der Waals surface area (Å²) in [7, 11) is -6.20. The van der Waals surface area contributed by atoms with Crippen molar-refractivity contribution in [1.29, 1.82) is 0 Å². The van der Waals surface area contributed by atoms with Gasteiger partial charge in [-0.3, -0.25) is 0 Å². The first-order valence-corrected chi connectivity index (χ1v) is 28.0. The number of benzene rings is 11. The third kappa shape index (κ3) is 6.38. The topological polar surface area (TPSA) is 9.86 Å². The lowest BCUT2D eigenvalue weighted by atomic mass is 10.1. The maximum absolute atomic E-state index is 10.7. The standard InChI is InChI=1S/C66H48N2Si2/c1-7-27-51(28-8-1)69(52-29-9-2-10-30-52,53-31-11-3-12-32-53)57-39-23-25-49(47-57)67-63-44-22-20-42-61(63)65-64(67)46-45-60-59-41-19-21-43-62(59)68(66(60)65)50-26-24-40-58(48-50)70(54-33-13-4-14-34-54,55-35-15-5-16-36-55)56-37-17-6-18-38-56/h1-48H/i24D,26D,48D. The molecule has 0 unspecified atom stereocenters. The van der Waals surface area contributed by atoms with Crippen LogP contribution in [0.1, 0.15) is 4.11 Å². The fourth-order valence-corrected chi connectivity index (χ4v) is 21.1. The highest BCUT2D eigenvalue weighted by atomic mass is 28.3. The minimum atomic E-state index is -3.31. The van der Waals surface area contributed by atoms with Crippen LogP contribution >= 0.6 is 0 Å². The van der Waals surface area contributed by atoms with Crippen LogP contribution in [0.5, 0.6) is 0 Å². The van der Waals surface area contributed by atoms with E-state index in [2.05, 4.69) is 252 Å². The lowest BCUT2D eigenvalue weighted by molar-refractivity contribution is 1.18. The lowest BCUT2D eigenvalue weighted by Gasteiger charge is -2.34. The second kappa shape index (κ2) is 17.2. The molecule has 4 heteroatoms. The molecule has 2 nitrogen and oxygen atoms in total. The Balaban J connectivity index is 1.13. The quantitative estimate of drug-likeness (QED) is 0.0956. The molecular weight excluding hydrogens is 877 g/mol. The van der Waals surface area contributed by atoms with Crippen molar-refractivity contribution in [2.24, 2.45) is 0 Å². The number of hydrogen-bond donors (Lipinski definition) is 0. The Labute approximate surface area is 414 Å². The molecule has 0 saturated carbocycles. The van der Waals surface area contributed by atoms with E-state index in [1.807, 2.05) is 30.3 Å². The van der Waals surface area contributed by atoms with Crippen molar-refractivity contribution in [2.75, 3.05) is 0 Å². The Bertz CT molecular complexity index is 3970. The van der Waals surface area contributed by atoms with E-state index in [4.69, 9.17) is 0 Å². The van der Waals surface area contributed by atoms with Gasteiger partial charge < -0.3 is 9.13 Å². The summed E-state index contributed by atoms with van der Waals surface area (Å²) in [6.07, 6.45) is 0. The van der Waals surface area contributed by atoms with Crippen molar-refractivity contribution < 1.29 is 4.11 Å². The molecule has 0 amide bonds. The lowest BCUT2D eigenvalue weighted by Crippen LogP contribution is -2.74. The fraction of sp³-hybridized carbons (Fsp3) is 0. The number of fused-ring (bicyclic) bond motifs is 7. The smallest absolute Gasteiger partial charge is 0.179 e. The van der Waals surface area contributed by atoms with E-state index in [1.165, 1.54) is 20.7 Å². The highest BCUT2D eigenvalue weighted by Gasteiger charge is 2.43. The summed E-state index contributed by atoms with van der Waals surface area (Å²) in [5, 5.41) is 13.4. The second-order valence-corrected chi connectivity index (χ2v) is 25.7. The molecule has 0 N–H and O–H groups in total. The molecule has 330 valence electrons. The monoisotopic (exact) mass is 927 g/mol. The highest BCUT2D eigenvalue weighted by molar-refractivity contribution is 7.20. The molecule has 0 atom stereocenters. The first-order valence-electron chi connectivity index (χ1n) is 25.5. The largest absolute Gasteiger partial charge is 0.309 e. The summed E-state index contributed by atoms with van der Waals surface area (Å²) in [4.78, 5) is 0. The molecule has 2 aromatic heterocycles. The Morgan fingerprint density at radius 3 is 1.20 bits per heavy atom. The van der Waals surface area contributed by atoms with Crippen molar-refractivity contribution in [1.82, 2.24) is 9.13 Å². The van der Waals surface area contributed by atoms with Crippen molar-refractivity contribution in [2.45, 2.75) is 0 Å². The normalized spacial score (nSPS) is 12.6. The second-order valence-electron chi connectivity index (χ2n) is 18.1. The summed E-state index contributed by atoms with van der Waals surface area (Å²) in [6, 6.07) is 97.8. The van der Waals surface area contributed by atoms with E-state index in [0.29, 0.717) is 5.69 Å². The van der Waals surface area contributed by atoms with Crippen molar-refractivity contribution in [3.63, 3.8) is 0 Å². The van der Waals surface area contributed by atoms with Crippen LogP contribution in [0.4, 0.5) is 0 Å². The van der Waals surface area contributed by atoms with Gasteiger partial charge in [-0.15, -0.1) is 0 Å². The van der Waals surface area contributed by atoms with Gasteiger partial charge in [0, 0.05) is 32.9 Å². The minimum absolute atomic E-state index is 0.0194. The molecule has 0 fully saturated rings. The summed E-state index contributed by atoms with van der Waals surface area (Å²) in [5.74, 6) is 0. The average Bonchev–Trinajstić information content (AvgIpc) is 3.98. The molecule has 0 aliphatic rings. The summed E-state index contributed by atoms with van der Waals surface area (Å²) in [6.45, 7) is 0. The number of aromatic nitrogens is 2. The van der Waals surface area contributed by atoms with Crippen molar-refractivity contribution in [3.05, 3.63) is 291 Å². The zero-order valence-electron chi connectivity index (χ0n) is 41.4. The zero-order valence-corrected chi connectivity index (χ0v) is 40.4. The van der Waals surface area contributed by atoms with Crippen LogP contribution in [0.2, 0.25) is 0 Å². The Morgan fingerprint density at radius 2 is 0.700 bits per heavy atom. The Hall–Kier alpha value is -8.55. The fourth-order valence-electron chi connectivity index (χ4n) is 11.7. The number of para-hydroxylation sites is 2. The molecule has 2 heterocycles. The summed E-state index contributed by atoms with van der Waals surface area (Å²) in [5.41, 5.74) is 5.33. The van der Waals surface area contributed by atoms with Crippen molar-refractivity contribution >= 4 is 101 Å². The molecule has 0 spiro atoms. The van der Waals surface area contributed by atoms with E-state index < -0.39 is 16.1 Å². The van der Waals surface area contributed by atoms with E-state index in [9.17, 15) is 4.11 Å². The van der Waals surface area contributed by atoms with Gasteiger partial charge in [0.1, 0.15) is 0 Å². The van der Waals surface area contributed by atoms with E-state index in [-0.39, 0.29) is 18.1 Å². The van der Waals surface area contributed by atoms with Gasteiger partial charge in [0.25, 0.3) is 0 Å². The SMILES string of the molecule is [2H]c1cc([Si](c2ccccc2)(c2ccccc2)c2ccccc2)c([2H])c(-n2c3ccccc3c3ccc4c(c5ccccc5n4-c4cccc([Si](c5ccccc5)(c5ccccc5)c5ccccc5)c4)c32)c1[2H]. The molecule has 0 radical (unpaired) electrons. The van der Waals surface area contributed by atoms with E-state index >= 15 is 0 Å². The summed E-state index contributed by atoms with van der Waals surface area (Å²) < 4.78 is 35.1. The number of rotatable bonds is 10. The maximum atomic E-state index is 10.7. The molecule has 13 aromatic rings. The van der Waals surface area contributed by atoms with Gasteiger partial charge in [-0.2, -0.15) is 0 Å². The molecule has 0 aliphatic heterocycles. The van der Waals surface area contributed by atoms with Crippen LogP contribution in [0.3, 0.4) is 0 Å². The molecular formula is C66H48N2Si2. The molecule has 0 saturated heterocycles. The van der Waals surface area contributed by atoms with Gasteiger partial charge in [0.05, 0.1) is 26.2 Å². The van der Waals surface area contributed by atoms with Gasteiger partial charge in [0.2, 0.25) is 0 Å². The number of nitrogens with zero attached hydrogens (tertiary/aromatic N) is 2. The highest BCUT2D eigenvalue weighted by Crippen LogP contribution is 2.42. The molecule has 0 aliphatic carbocycles. The van der Waals surface area contributed by atoms with Crippen LogP contribution in [0.25, 0.3) is 55.0 Å². The zero-order chi connectivity index (χ0) is 49.1. The average molecular weight is 928 g/mol. The van der Waals surface area contributed by atoms with Gasteiger partial charge >= 0.3 is 0 Å². The first-order chi connectivity index (χ1) is 36.0. The van der Waals surface area contributed by atoms with Gasteiger partial charge in [-0.05, 0) is 83.9 Å². The molecule has 11 aromatic carbocycles. The van der Waals surface area contributed by atoms with Crippen molar-refractivity contribution in [3.8, 4) is 11.4 Å². The van der Waals surface area contributed by atoms with E-state index in [1.54, 1.807) is 0 Å². The van der Waals surface area contributed by atoms with Crippen LogP contribution in [0.15, 0.2) is 291 Å². The van der Waals surface area contributed by atoms with Gasteiger partial charge in [-0.1, -0.05) is 249 Å². The molecule has 70 heavy (non-hydrogen) atoms. The minimum Gasteiger partial charge on any atom is -0.309 e. The summed E-state index contributed by atoms with van der Waals surface area (Å²) >= 11 is 0. The van der Waals surface area contributed by atoms with E-state index in [0.717, 1.165) is 70.0 Å². The predicted octanol–water partition coefficient (Wildman–Crippen LogP) is 10.6. The van der Waals surface area contributed by atoms with Crippen LogP contribution in [-0.4, -0.2) is 25.3 Å². The third-order valence-electron chi connectivity index (χ3n) is 14.5. The maximum Gasteiger partial charge on any atom is 0.179 e. The van der Waals surface area contributed by atoms with Crippen LogP contribution < -0.4 is 41.5 Å². The first kappa shape index (κ1) is 38.4. The Morgan fingerprint density at radius 1 is 0.286 bits per heavy atom. The predicted molar refractivity (Wildman–Crippen MR) is 302 cm³/mol. The van der Waals surface area contributed by atoms with Crippen LogP contribution in [-0.2, 0) is 0 Å². The molecule has 0 bridgehead atoms. The van der Waals surface area contributed by atoms with Crippen LogP contribution in [0, 0.1) is 0 Å². The third-order valence-corrected chi connectivity index (χ3v) is 24.0. The molecule has 13 rings (SSSR count). The van der Waals surface area contributed by atoms with Gasteiger partial charge in [-0.25, -0.2) is 0 Å². The van der Waals surface area contributed by atoms with Gasteiger partial charge in [0.15, 0.2) is 16.1 Å². The Kier molecular flexibility index (Phi) is 9.44.